The smallest absolute Gasteiger partial charge is 0.329 e. The number of rotatable bonds is 7. The van der Waals surface area contributed by atoms with Gasteiger partial charge >= 0.3 is 5.69 Å². The summed E-state index contributed by atoms with van der Waals surface area (Å²) in [6, 6.07) is 19.0. The van der Waals surface area contributed by atoms with Crippen molar-refractivity contribution in [3.05, 3.63) is 104 Å². The third kappa shape index (κ3) is 4.85. The molecule has 0 aliphatic heterocycles. The van der Waals surface area contributed by atoms with Crippen LogP contribution in [-0.2, 0) is 20.2 Å². The second kappa shape index (κ2) is 9.52. The van der Waals surface area contributed by atoms with Crippen LogP contribution in [0.5, 0.6) is 5.75 Å². The molecular formula is C25H24N4O4. The summed E-state index contributed by atoms with van der Waals surface area (Å²) >= 11 is 0. The number of hydrogen-bond donors (Lipinski definition) is 1. The molecule has 2 heterocycles. The van der Waals surface area contributed by atoms with Gasteiger partial charge in [-0.1, -0.05) is 42.5 Å². The first-order chi connectivity index (χ1) is 16.0. The van der Waals surface area contributed by atoms with E-state index in [1.807, 2.05) is 61.5 Å². The Morgan fingerprint density at radius 2 is 1.79 bits per heavy atom. The van der Waals surface area contributed by atoms with E-state index in [1.54, 1.807) is 4.90 Å². The van der Waals surface area contributed by atoms with Gasteiger partial charge in [0.15, 0.2) is 0 Å². The molecule has 8 heteroatoms. The zero-order valence-corrected chi connectivity index (χ0v) is 18.4. The van der Waals surface area contributed by atoms with E-state index >= 15 is 0 Å². The molecule has 33 heavy (non-hydrogen) atoms. The van der Waals surface area contributed by atoms with Crippen LogP contribution in [0.2, 0.25) is 0 Å². The van der Waals surface area contributed by atoms with E-state index < -0.39 is 11.2 Å². The van der Waals surface area contributed by atoms with Crippen molar-refractivity contribution in [1.29, 1.82) is 0 Å². The molecule has 0 bridgehead atoms. The zero-order valence-electron chi connectivity index (χ0n) is 18.4. The Bertz CT molecular complexity index is 1390. The fraction of sp³-hybridized carbons (Fsp3) is 0.200. The number of fused-ring (bicyclic) bond motifs is 1. The molecule has 0 atom stereocenters. The molecule has 8 nitrogen and oxygen atoms in total. The van der Waals surface area contributed by atoms with Gasteiger partial charge in [-0.3, -0.25) is 19.1 Å². The number of carbonyl (C=O) groups is 1. The van der Waals surface area contributed by atoms with Crippen LogP contribution in [0.25, 0.3) is 11.0 Å². The number of aromatic amines is 1. The Balaban J connectivity index is 1.48. The average molecular weight is 444 g/mol. The van der Waals surface area contributed by atoms with Gasteiger partial charge in [0.2, 0.25) is 0 Å². The molecule has 0 spiro atoms. The lowest BCUT2D eigenvalue weighted by atomic mass is 10.1. The second-order valence-electron chi connectivity index (χ2n) is 7.65. The lowest BCUT2D eigenvalue weighted by molar-refractivity contribution is 0.0752. The summed E-state index contributed by atoms with van der Waals surface area (Å²) in [5.41, 5.74) is 1.44. The van der Waals surface area contributed by atoms with E-state index in [2.05, 4.69) is 9.97 Å². The topological polar surface area (TPSA) is 97.3 Å². The highest BCUT2D eigenvalue weighted by Crippen LogP contribution is 2.17. The highest BCUT2D eigenvalue weighted by molar-refractivity contribution is 5.96. The fourth-order valence-corrected chi connectivity index (χ4v) is 3.52. The van der Waals surface area contributed by atoms with Crippen molar-refractivity contribution in [2.24, 2.45) is 7.05 Å². The van der Waals surface area contributed by atoms with Gasteiger partial charge in [0.25, 0.3) is 11.5 Å². The van der Waals surface area contributed by atoms with Crippen LogP contribution >= 0.6 is 0 Å². The molecule has 0 saturated carbocycles. The van der Waals surface area contributed by atoms with Crippen LogP contribution in [0.4, 0.5) is 0 Å². The number of pyridine rings is 1. The summed E-state index contributed by atoms with van der Waals surface area (Å²) in [6.45, 7) is 3.25. The molecule has 4 rings (SSSR count). The molecule has 1 amide bonds. The number of nitrogens with one attached hydrogen (secondary N) is 1. The van der Waals surface area contributed by atoms with Gasteiger partial charge in [0.05, 0.1) is 10.9 Å². The molecule has 0 unspecified atom stereocenters. The number of H-pyrrole nitrogens is 1. The van der Waals surface area contributed by atoms with Crippen molar-refractivity contribution in [3.8, 4) is 5.75 Å². The summed E-state index contributed by atoms with van der Waals surface area (Å²) in [5, 5.41) is 0.193. The maximum Gasteiger partial charge on any atom is 0.329 e. The minimum Gasteiger partial charge on any atom is -0.489 e. The quantitative estimate of drug-likeness (QED) is 0.473. The summed E-state index contributed by atoms with van der Waals surface area (Å²) in [7, 11) is 1.51. The van der Waals surface area contributed by atoms with Gasteiger partial charge in [-0.15, -0.1) is 0 Å². The molecule has 2 aromatic carbocycles. The number of ether oxygens (including phenoxy) is 1. The van der Waals surface area contributed by atoms with Gasteiger partial charge in [0.1, 0.15) is 18.0 Å². The number of benzene rings is 2. The molecule has 0 fully saturated rings. The van der Waals surface area contributed by atoms with E-state index in [0.717, 1.165) is 16.9 Å². The fourth-order valence-electron chi connectivity index (χ4n) is 3.52. The van der Waals surface area contributed by atoms with Gasteiger partial charge in [0, 0.05) is 26.3 Å². The lowest BCUT2D eigenvalue weighted by Crippen LogP contribution is -2.32. The molecule has 0 aliphatic carbocycles. The number of amides is 1. The monoisotopic (exact) mass is 444 g/mol. The molecule has 2 aromatic heterocycles. The largest absolute Gasteiger partial charge is 0.489 e. The zero-order chi connectivity index (χ0) is 23.4. The van der Waals surface area contributed by atoms with Crippen molar-refractivity contribution in [3.63, 3.8) is 0 Å². The SMILES string of the molecule is CCN(Cc1ccc(OCc2ccccc2)cc1)C(=O)c1cnc2c(c1)c(=O)[nH]c(=O)n2C. The Morgan fingerprint density at radius 1 is 1.06 bits per heavy atom. The number of hydrogen-bond acceptors (Lipinski definition) is 5. The van der Waals surface area contributed by atoms with Gasteiger partial charge < -0.3 is 9.64 Å². The molecule has 168 valence electrons. The van der Waals surface area contributed by atoms with Gasteiger partial charge in [-0.2, -0.15) is 0 Å². The number of carbonyl (C=O) groups excluding carboxylic acids is 1. The van der Waals surface area contributed by atoms with E-state index in [0.29, 0.717) is 19.7 Å². The van der Waals surface area contributed by atoms with Crippen LogP contribution in [0.3, 0.4) is 0 Å². The molecular weight excluding hydrogens is 420 g/mol. The number of nitrogens with zero attached hydrogens (tertiary/aromatic N) is 3. The van der Waals surface area contributed by atoms with Crippen LogP contribution < -0.4 is 16.0 Å². The first-order valence-electron chi connectivity index (χ1n) is 10.6. The average Bonchev–Trinajstić information content (AvgIpc) is 2.85. The summed E-state index contributed by atoms with van der Waals surface area (Å²) in [6.07, 6.45) is 1.40. The minimum absolute atomic E-state index is 0.193. The highest BCUT2D eigenvalue weighted by atomic mass is 16.5. The van der Waals surface area contributed by atoms with Crippen molar-refractivity contribution >= 4 is 16.9 Å². The van der Waals surface area contributed by atoms with Crippen LogP contribution in [0, 0.1) is 0 Å². The second-order valence-corrected chi connectivity index (χ2v) is 7.65. The third-order valence-electron chi connectivity index (χ3n) is 5.42. The molecule has 0 radical (unpaired) electrons. The minimum atomic E-state index is -0.565. The Kier molecular flexibility index (Phi) is 6.35. The highest BCUT2D eigenvalue weighted by Gasteiger charge is 2.17. The first-order valence-corrected chi connectivity index (χ1v) is 10.6. The van der Waals surface area contributed by atoms with Gasteiger partial charge in [-0.25, -0.2) is 9.78 Å². The third-order valence-corrected chi connectivity index (χ3v) is 5.42. The maximum atomic E-state index is 13.1. The normalized spacial score (nSPS) is 10.8. The van der Waals surface area contributed by atoms with Crippen LogP contribution in [0.1, 0.15) is 28.4 Å². The van der Waals surface area contributed by atoms with Crippen molar-refractivity contribution < 1.29 is 9.53 Å². The predicted octanol–water partition coefficient (Wildman–Crippen LogP) is 2.86. The van der Waals surface area contributed by atoms with Crippen molar-refractivity contribution in [1.82, 2.24) is 19.4 Å². The molecule has 0 saturated heterocycles. The lowest BCUT2D eigenvalue weighted by Gasteiger charge is -2.21. The maximum absolute atomic E-state index is 13.1. The van der Waals surface area contributed by atoms with E-state index in [9.17, 15) is 14.4 Å². The summed E-state index contributed by atoms with van der Waals surface area (Å²) < 4.78 is 7.06. The number of aromatic nitrogens is 3. The van der Waals surface area contributed by atoms with Gasteiger partial charge in [-0.05, 0) is 36.2 Å². The number of aryl methyl sites for hydroxylation is 1. The van der Waals surface area contributed by atoms with Crippen LogP contribution in [0.15, 0.2) is 76.4 Å². The van der Waals surface area contributed by atoms with E-state index in [1.165, 1.54) is 23.9 Å². The summed E-state index contributed by atoms with van der Waals surface area (Å²) in [5.74, 6) is 0.505. The van der Waals surface area contributed by atoms with E-state index in [-0.39, 0.29) is 22.5 Å². The molecule has 1 N–H and O–H groups in total. The van der Waals surface area contributed by atoms with Crippen LogP contribution in [-0.4, -0.2) is 31.9 Å². The molecule has 4 aromatic rings. The predicted molar refractivity (Wildman–Crippen MR) is 125 cm³/mol. The van der Waals surface area contributed by atoms with Crippen molar-refractivity contribution in [2.45, 2.75) is 20.1 Å². The molecule has 0 aliphatic rings. The Morgan fingerprint density at radius 3 is 2.48 bits per heavy atom. The Hall–Kier alpha value is -4.20. The Labute approximate surface area is 190 Å². The van der Waals surface area contributed by atoms with Crippen molar-refractivity contribution in [2.75, 3.05) is 6.54 Å². The standard InChI is InChI=1S/C25H24N4O4/c1-3-29(15-17-9-11-20(12-10-17)33-16-18-7-5-4-6-8-18)24(31)19-13-21-22(26-14-19)28(2)25(32)27-23(21)30/h4-14H,3,15-16H2,1-2H3,(H,27,30,32). The summed E-state index contributed by atoms with van der Waals surface area (Å²) in [4.78, 5) is 45.1. The van der Waals surface area contributed by atoms with E-state index in [4.69, 9.17) is 4.74 Å². The first kappa shape index (κ1) is 22.0.